The van der Waals surface area contributed by atoms with Gasteiger partial charge in [0.25, 0.3) is 5.69 Å². The van der Waals surface area contributed by atoms with E-state index in [1.165, 1.54) is 6.20 Å². The summed E-state index contributed by atoms with van der Waals surface area (Å²) in [6.45, 7) is 9.61. The minimum absolute atomic E-state index is 0.0165. The van der Waals surface area contributed by atoms with E-state index in [1.807, 2.05) is 27.7 Å². The van der Waals surface area contributed by atoms with Gasteiger partial charge in [-0.15, -0.1) is 0 Å². The van der Waals surface area contributed by atoms with Crippen LogP contribution in [0.4, 0.5) is 5.69 Å². The number of hydrogen-bond acceptors (Lipinski definition) is 5. The van der Waals surface area contributed by atoms with Crippen LogP contribution < -0.4 is 0 Å². The van der Waals surface area contributed by atoms with E-state index in [2.05, 4.69) is 4.98 Å². The Bertz CT molecular complexity index is 583. The van der Waals surface area contributed by atoms with E-state index in [1.54, 1.807) is 25.0 Å². The molecule has 1 saturated heterocycles. The molecule has 0 bridgehead atoms. The third-order valence-corrected chi connectivity index (χ3v) is 4.00. The minimum atomic E-state index is -0.452. The van der Waals surface area contributed by atoms with Crippen LogP contribution in [0.5, 0.6) is 0 Å². The second-order valence-electron chi connectivity index (χ2n) is 6.14. The number of pyridine rings is 1. The van der Waals surface area contributed by atoms with Crippen LogP contribution in [0.25, 0.3) is 6.08 Å². The standard InChI is InChI=1S/C14H19BN2O4/c1-10-8-11(16-9-12(10)17(18)19)6-7-15-20-13(2,3)14(4,5)21-15/h6-9H,1-5H3/b7-6+. The van der Waals surface area contributed by atoms with Crippen molar-refractivity contribution in [2.75, 3.05) is 0 Å². The summed E-state index contributed by atoms with van der Waals surface area (Å²) in [6.07, 6.45) is 3.01. The number of aryl methyl sites for hydroxylation is 1. The van der Waals surface area contributed by atoms with E-state index in [9.17, 15) is 10.1 Å². The average Bonchev–Trinajstić information content (AvgIpc) is 2.55. The van der Waals surface area contributed by atoms with Crippen molar-refractivity contribution < 1.29 is 14.2 Å². The third kappa shape index (κ3) is 3.14. The van der Waals surface area contributed by atoms with Crippen LogP contribution in [0, 0.1) is 17.0 Å². The highest BCUT2D eigenvalue weighted by atomic mass is 16.7. The maximum atomic E-state index is 10.8. The predicted molar refractivity (Wildman–Crippen MR) is 80.7 cm³/mol. The van der Waals surface area contributed by atoms with Gasteiger partial charge < -0.3 is 9.31 Å². The van der Waals surface area contributed by atoms with Crippen molar-refractivity contribution >= 4 is 18.9 Å². The first-order valence-electron chi connectivity index (χ1n) is 6.77. The molecule has 1 fully saturated rings. The van der Waals surface area contributed by atoms with Crippen LogP contribution in [0.3, 0.4) is 0 Å². The van der Waals surface area contributed by atoms with Crippen molar-refractivity contribution in [2.45, 2.75) is 45.8 Å². The topological polar surface area (TPSA) is 74.5 Å². The zero-order valence-electron chi connectivity index (χ0n) is 12.9. The van der Waals surface area contributed by atoms with E-state index in [0.29, 0.717) is 11.3 Å². The third-order valence-electron chi connectivity index (χ3n) is 4.00. The number of nitrogens with zero attached hydrogens (tertiary/aromatic N) is 2. The summed E-state index contributed by atoms with van der Waals surface area (Å²) < 4.78 is 11.7. The van der Waals surface area contributed by atoms with E-state index < -0.39 is 12.0 Å². The lowest BCUT2D eigenvalue weighted by Crippen LogP contribution is -2.41. The van der Waals surface area contributed by atoms with Crippen molar-refractivity contribution in [3.05, 3.63) is 39.6 Å². The fourth-order valence-electron chi connectivity index (χ4n) is 2.00. The van der Waals surface area contributed by atoms with Crippen LogP contribution in [-0.2, 0) is 9.31 Å². The van der Waals surface area contributed by atoms with Gasteiger partial charge in [-0.25, -0.2) is 4.98 Å². The summed E-state index contributed by atoms with van der Waals surface area (Å²) in [5.74, 6) is 1.77. The lowest BCUT2D eigenvalue weighted by atomic mass is 9.89. The number of nitro groups is 1. The van der Waals surface area contributed by atoms with Gasteiger partial charge in [0.1, 0.15) is 6.20 Å². The molecule has 1 aliphatic heterocycles. The zero-order valence-corrected chi connectivity index (χ0v) is 12.9. The highest BCUT2D eigenvalue weighted by Crippen LogP contribution is 2.37. The predicted octanol–water partition coefficient (Wildman–Crippen LogP) is 2.94. The van der Waals surface area contributed by atoms with Gasteiger partial charge in [0, 0.05) is 5.56 Å². The van der Waals surface area contributed by atoms with Crippen LogP contribution >= 0.6 is 0 Å². The first kappa shape index (κ1) is 15.7. The molecule has 0 unspecified atom stereocenters. The van der Waals surface area contributed by atoms with Gasteiger partial charge in [0.2, 0.25) is 0 Å². The normalized spacial score (nSPS) is 20.1. The molecule has 0 atom stereocenters. The molecule has 0 amide bonds. The maximum absolute atomic E-state index is 10.8. The smallest absolute Gasteiger partial charge is 0.400 e. The van der Waals surface area contributed by atoms with E-state index in [0.717, 1.165) is 0 Å². The van der Waals surface area contributed by atoms with E-state index in [4.69, 9.17) is 9.31 Å². The quantitative estimate of drug-likeness (QED) is 0.486. The van der Waals surface area contributed by atoms with Gasteiger partial charge >= 0.3 is 7.12 Å². The molecule has 112 valence electrons. The molecular weight excluding hydrogens is 271 g/mol. The summed E-state index contributed by atoms with van der Waals surface area (Å²) >= 11 is 0. The van der Waals surface area contributed by atoms with Gasteiger partial charge in [-0.3, -0.25) is 10.1 Å². The van der Waals surface area contributed by atoms with Crippen molar-refractivity contribution in [1.82, 2.24) is 4.98 Å². The molecule has 6 nitrogen and oxygen atoms in total. The van der Waals surface area contributed by atoms with Crippen LogP contribution in [0.15, 0.2) is 18.2 Å². The van der Waals surface area contributed by atoms with E-state index in [-0.39, 0.29) is 16.9 Å². The summed E-state index contributed by atoms with van der Waals surface area (Å²) in [5, 5.41) is 10.8. The first-order valence-corrected chi connectivity index (χ1v) is 6.77. The second kappa shape index (κ2) is 5.24. The highest BCUT2D eigenvalue weighted by Gasteiger charge is 2.50. The monoisotopic (exact) mass is 290 g/mol. The van der Waals surface area contributed by atoms with Crippen molar-refractivity contribution in [3.63, 3.8) is 0 Å². The summed E-state index contributed by atoms with van der Waals surface area (Å²) in [5.41, 5.74) is 0.445. The molecule has 2 heterocycles. The molecule has 0 saturated carbocycles. The first-order chi connectivity index (χ1) is 9.62. The van der Waals surface area contributed by atoms with Crippen molar-refractivity contribution in [3.8, 4) is 0 Å². The second-order valence-corrected chi connectivity index (χ2v) is 6.14. The summed E-state index contributed by atoms with van der Waals surface area (Å²) in [6, 6.07) is 1.67. The van der Waals surface area contributed by atoms with Crippen molar-refractivity contribution in [1.29, 1.82) is 0 Å². The molecule has 7 heteroatoms. The molecule has 0 radical (unpaired) electrons. The fraction of sp³-hybridized carbons (Fsp3) is 0.500. The SMILES string of the molecule is Cc1cc(/C=C/B2OC(C)(C)C(C)(C)O2)ncc1[N+](=O)[O-]. The van der Waals surface area contributed by atoms with Crippen LogP contribution in [0.2, 0.25) is 0 Å². The Morgan fingerprint density at radius 2 is 1.86 bits per heavy atom. The molecular formula is C14H19BN2O4. The largest absolute Gasteiger partial charge is 0.487 e. The van der Waals surface area contributed by atoms with Gasteiger partial charge in [-0.2, -0.15) is 0 Å². The molecule has 0 aliphatic carbocycles. The van der Waals surface area contributed by atoms with E-state index >= 15 is 0 Å². The molecule has 1 aromatic rings. The molecule has 0 aromatic carbocycles. The highest BCUT2D eigenvalue weighted by molar-refractivity contribution is 6.52. The summed E-state index contributed by atoms with van der Waals surface area (Å²) in [4.78, 5) is 14.4. The van der Waals surface area contributed by atoms with Gasteiger partial charge in [0.15, 0.2) is 0 Å². The fourth-order valence-corrected chi connectivity index (χ4v) is 2.00. The lowest BCUT2D eigenvalue weighted by molar-refractivity contribution is -0.385. The minimum Gasteiger partial charge on any atom is -0.400 e. The molecule has 0 N–H and O–H groups in total. The molecule has 0 spiro atoms. The average molecular weight is 290 g/mol. The van der Waals surface area contributed by atoms with Crippen molar-refractivity contribution in [2.24, 2.45) is 0 Å². The lowest BCUT2D eigenvalue weighted by Gasteiger charge is -2.32. The maximum Gasteiger partial charge on any atom is 0.487 e. The molecule has 1 aromatic heterocycles. The molecule has 1 aliphatic rings. The zero-order chi connectivity index (χ0) is 15.8. The van der Waals surface area contributed by atoms with Crippen LogP contribution in [0.1, 0.15) is 39.0 Å². The van der Waals surface area contributed by atoms with Crippen LogP contribution in [-0.4, -0.2) is 28.2 Å². The van der Waals surface area contributed by atoms with Gasteiger partial charge in [0.05, 0.1) is 21.8 Å². The van der Waals surface area contributed by atoms with Gasteiger partial charge in [-0.1, -0.05) is 5.98 Å². The number of aromatic nitrogens is 1. The number of rotatable bonds is 3. The Balaban J connectivity index is 2.13. The Hall–Kier alpha value is -1.73. The number of hydrogen-bond donors (Lipinski definition) is 0. The Kier molecular flexibility index (Phi) is 3.90. The molecule has 2 rings (SSSR count). The Morgan fingerprint density at radius 1 is 1.29 bits per heavy atom. The Morgan fingerprint density at radius 3 is 2.33 bits per heavy atom. The molecule has 21 heavy (non-hydrogen) atoms. The Labute approximate surface area is 124 Å². The van der Waals surface area contributed by atoms with Gasteiger partial charge in [-0.05, 0) is 46.8 Å². The summed E-state index contributed by atoms with van der Waals surface area (Å²) in [7, 11) is -0.452.